The third-order valence-electron chi connectivity index (χ3n) is 2.64. The van der Waals surface area contributed by atoms with Crippen LogP contribution >= 0.6 is 15.9 Å². The third-order valence-corrected chi connectivity index (χ3v) is 3.23. The Morgan fingerprint density at radius 3 is 2.45 bits per heavy atom. The minimum absolute atomic E-state index is 0.0674. The molecule has 0 radical (unpaired) electrons. The van der Waals surface area contributed by atoms with Crippen LogP contribution in [0.15, 0.2) is 16.6 Å². The van der Waals surface area contributed by atoms with Crippen LogP contribution in [0.3, 0.4) is 0 Å². The van der Waals surface area contributed by atoms with Crippen molar-refractivity contribution >= 4 is 15.9 Å². The first-order valence-corrected chi connectivity index (χ1v) is 6.84. The third kappa shape index (κ3) is 5.58. The summed E-state index contributed by atoms with van der Waals surface area (Å²) in [4.78, 5) is 0. The number of rotatable bonds is 7. The lowest BCUT2D eigenvalue weighted by atomic mass is 10.2. The van der Waals surface area contributed by atoms with Crippen LogP contribution < -0.4 is 14.8 Å². The van der Waals surface area contributed by atoms with Gasteiger partial charge in [0.1, 0.15) is 0 Å². The summed E-state index contributed by atoms with van der Waals surface area (Å²) in [5, 5.41) is 2.97. The summed E-state index contributed by atoms with van der Waals surface area (Å²) in [6, 6.07) is 3.64. The number of ether oxygens (including phenoxy) is 2. The zero-order valence-corrected chi connectivity index (χ0v) is 12.9. The Morgan fingerprint density at radius 1 is 1.20 bits per heavy atom. The number of alkyl halides is 3. The Bertz CT molecular complexity index is 438. The highest BCUT2D eigenvalue weighted by Crippen LogP contribution is 2.36. The lowest BCUT2D eigenvalue weighted by Crippen LogP contribution is -2.17. The summed E-state index contributed by atoms with van der Waals surface area (Å²) >= 11 is 3.37. The van der Waals surface area contributed by atoms with Crippen LogP contribution in [0.1, 0.15) is 18.4 Å². The van der Waals surface area contributed by atoms with Gasteiger partial charge in [-0.05, 0) is 46.6 Å². The van der Waals surface area contributed by atoms with Gasteiger partial charge < -0.3 is 14.8 Å². The monoisotopic (exact) mass is 355 g/mol. The van der Waals surface area contributed by atoms with Crippen molar-refractivity contribution in [3.63, 3.8) is 0 Å². The molecule has 0 spiro atoms. The topological polar surface area (TPSA) is 30.5 Å². The molecule has 0 unspecified atom stereocenters. The minimum atomic E-state index is -4.09. The van der Waals surface area contributed by atoms with Crippen LogP contribution in [0.25, 0.3) is 0 Å². The van der Waals surface area contributed by atoms with Gasteiger partial charge >= 0.3 is 6.18 Å². The summed E-state index contributed by atoms with van der Waals surface area (Å²) in [6.45, 7) is 0.780. The summed E-state index contributed by atoms with van der Waals surface area (Å²) in [5.41, 5.74) is 0.904. The van der Waals surface area contributed by atoms with Crippen molar-refractivity contribution in [3.8, 4) is 11.5 Å². The first-order valence-electron chi connectivity index (χ1n) is 6.05. The number of hydrogen-bond acceptors (Lipinski definition) is 3. The predicted molar refractivity (Wildman–Crippen MR) is 74.2 cm³/mol. The SMILES string of the molecule is COc1cc(CNCCCC(F)(F)F)cc(Br)c1OC. The van der Waals surface area contributed by atoms with Crippen LogP contribution in [0.4, 0.5) is 13.2 Å². The van der Waals surface area contributed by atoms with Gasteiger partial charge in [0.2, 0.25) is 0 Å². The molecule has 7 heteroatoms. The van der Waals surface area contributed by atoms with Gasteiger partial charge in [-0.3, -0.25) is 0 Å². The molecular weight excluding hydrogens is 339 g/mol. The van der Waals surface area contributed by atoms with E-state index in [1.807, 2.05) is 6.07 Å². The lowest BCUT2D eigenvalue weighted by Gasteiger charge is -2.12. The summed E-state index contributed by atoms with van der Waals surface area (Å²) in [6.07, 6.45) is -4.79. The van der Waals surface area contributed by atoms with Crippen molar-refractivity contribution in [2.45, 2.75) is 25.6 Å². The number of hydrogen-bond donors (Lipinski definition) is 1. The largest absolute Gasteiger partial charge is 0.493 e. The van der Waals surface area contributed by atoms with Crippen molar-refractivity contribution in [1.82, 2.24) is 5.32 Å². The van der Waals surface area contributed by atoms with E-state index < -0.39 is 12.6 Å². The van der Waals surface area contributed by atoms with Gasteiger partial charge in [0, 0.05) is 13.0 Å². The maximum absolute atomic E-state index is 12.0. The maximum atomic E-state index is 12.0. The van der Waals surface area contributed by atoms with E-state index in [1.165, 1.54) is 14.2 Å². The first-order chi connectivity index (χ1) is 9.37. The standard InChI is InChI=1S/C13H17BrF3NO2/c1-19-11-7-9(6-10(14)12(11)20-2)8-18-5-3-4-13(15,16)17/h6-7,18H,3-5,8H2,1-2H3. The molecule has 3 nitrogen and oxygen atoms in total. The second kappa shape index (κ2) is 7.73. The van der Waals surface area contributed by atoms with Crippen LogP contribution in [0.2, 0.25) is 0 Å². The molecule has 1 aromatic carbocycles. The highest BCUT2D eigenvalue weighted by atomic mass is 79.9. The van der Waals surface area contributed by atoms with E-state index in [9.17, 15) is 13.2 Å². The molecule has 0 amide bonds. The molecule has 1 N–H and O–H groups in total. The van der Waals surface area contributed by atoms with E-state index in [1.54, 1.807) is 6.07 Å². The molecule has 20 heavy (non-hydrogen) atoms. The summed E-state index contributed by atoms with van der Waals surface area (Å²) in [7, 11) is 3.07. The van der Waals surface area contributed by atoms with Crippen molar-refractivity contribution in [2.75, 3.05) is 20.8 Å². The van der Waals surface area contributed by atoms with Gasteiger partial charge in [0.15, 0.2) is 11.5 Å². The van der Waals surface area contributed by atoms with Crippen LogP contribution in [-0.2, 0) is 6.54 Å². The molecule has 0 aliphatic heterocycles. The zero-order chi connectivity index (χ0) is 15.2. The van der Waals surface area contributed by atoms with Crippen molar-refractivity contribution in [1.29, 1.82) is 0 Å². The molecule has 0 aromatic heterocycles. The molecule has 0 saturated carbocycles. The fourth-order valence-electron chi connectivity index (χ4n) is 1.72. The van der Waals surface area contributed by atoms with Gasteiger partial charge in [-0.25, -0.2) is 0 Å². The minimum Gasteiger partial charge on any atom is -0.493 e. The Kier molecular flexibility index (Phi) is 6.61. The molecular formula is C13H17BrF3NO2. The Hall–Kier alpha value is -0.950. The van der Waals surface area contributed by atoms with E-state index >= 15 is 0 Å². The fraction of sp³-hybridized carbons (Fsp3) is 0.538. The molecule has 1 aromatic rings. The number of benzene rings is 1. The average Bonchev–Trinajstić information content (AvgIpc) is 2.36. The summed E-state index contributed by atoms with van der Waals surface area (Å²) < 4.78 is 47.1. The van der Waals surface area contributed by atoms with Crippen LogP contribution in [0, 0.1) is 0 Å². The highest BCUT2D eigenvalue weighted by Gasteiger charge is 2.25. The average molecular weight is 356 g/mol. The van der Waals surface area contributed by atoms with Gasteiger partial charge in [0.25, 0.3) is 0 Å². The van der Waals surface area contributed by atoms with Gasteiger partial charge in [0.05, 0.1) is 18.7 Å². The van der Waals surface area contributed by atoms with E-state index in [0.29, 0.717) is 24.6 Å². The zero-order valence-electron chi connectivity index (χ0n) is 11.3. The quantitative estimate of drug-likeness (QED) is 0.752. The molecule has 114 valence electrons. The normalized spacial score (nSPS) is 11.5. The van der Waals surface area contributed by atoms with E-state index in [2.05, 4.69) is 21.2 Å². The lowest BCUT2D eigenvalue weighted by molar-refractivity contribution is -0.135. The smallest absolute Gasteiger partial charge is 0.389 e. The van der Waals surface area contributed by atoms with Crippen LogP contribution in [0.5, 0.6) is 11.5 Å². The molecule has 0 heterocycles. The Morgan fingerprint density at radius 2 is 1.90 bits per heavy atom. The van der Waals surface area contributed by atoms with E-state index in [4.69, 9.17) is 9.47 Å². The van der Waals surface area contributed by atoms with Crippen molar-refractivity contribution in [2.24, 2.45) is 0 Å². The van der Waals surface area contributed by atoms with Crippen molar-refractivity contribution < 1.29 is 22.6 Å². The molecule has 0 bridgehead atoms. The molecule has 1 rings (SSSR count). The second-order valence-corrected chi connectivity index (χ2v) is 5.06. The van der Waals surface area contributed by atoms with Crippen molar-refractivity contribution in [3.05, 3.63) is 22.2 Å². The summed E-state index contributed by atoms with van der Waals surface area (Å²) in [5.74, 6) is 1.17. The fourth-order valence-corrected chi connectivity index (χ4v) is 2.37. The number of nitrogens with one attached hydrogen (secondary N) is 1. The molecule has 0 fully saturated rings. The maximum Gasteiger partial charge on any atom is 0.389 e. The first kappa shape index (κ1) is 17.1. The predicted octanol–water partition coefficient (Wildman–Crippen LogP) is 3.90. The van der Waals surface area contributed by atoms with E-state index in [-0.39, 0.29) is 6.42 Å². The Labute approximate surface area is 124 Å². The Balaban J connectivity index is 2.50. The highest BCUT2D eigenvalue weighted by molar-refractivity contribution is 9.10. The van der Waals surface area contributed by atoms with E-state index in [0.717, 1.165) is 10.0 Å². The van der Waals surface area contributed by atoms with Gasteiger partial charge in [-0.1, -0.05) is 0 Å². The molecule has 0 aliphatic carbocycles. The van der Waals surface area contributed by atoms with Crippen LogP contribution in [-0.4, -0.2) is 26.9 Å². The number of halogens is 4. The number of methoxy groups -OCH3 is 2. The molecule has 0 aliphatic rings. The second-order valence-electron chi connectivity index (χ2n) is 4.21. The molecule has 0 atom stereocenters. The molecule has 0 saturated heterocycles. The van der Waals surface area contributed by atoms with Gasteiger partial charge in [-0.15, -0.1) is 0 Å². The van der Waals surface area contributed by atoms with Gasteiger partial charge in [-0.2, -0.15) is 13.2 Å².